The molecule has 16 heavy (non-hydrogen) atoms. The highest BCUT2D eigenvalue weighted by atomic mass is 16.4. The lowest BCUT2D eigenvalue weighted by Gasteiger charge is -2.37. The van der Waals surface area contributed by atoms with E-state index in [2.05, 4.69) is 11.8 Å². The molecule has 2 fully saturated rings. The molecule has 1 N–H and O–H groups in total. The molecule has 0 aromatic heterocycles. The Balaban J connectivity index is 1.94. The quantitative estimate of drug-likeness (QED) is 0.801. The molecule has 92 valence electrons. The molecule has 3 atom stereocenters. The average Bonchev–Trinajstić information content (AvgIpc) is 2.78. The van der Waals surface area contributed by atoms with Crippen molar-refractivity contribution in [3.63, 3.8) is 0 Å². The van der Waals surface area contributed by atoms with Crippen LogP contribution in [0.2, 0.25) is 0 Å². The van der Waals surface area contributed by atoms with E-state index in [1.807, 2.05) is 0 Å². The van der Waals surface area contributed by atoms with E-state index in [9.17, 15) is 4.79 Å². The summed E-state index contributed by atoms with van der Waals surface area (Å²) in [5, 5.41) is 9.03. The van der Waals surface area contributed by atoms with Crippen LogP contribution in [-0.4, -0.2) is 35.1 Å². The molecule has 1 saturated heterocycles. The molecule has 3 nitrogen and oxygen atoms in total. The molecule has 3 unspecified atom stereocenters. The van der Waals surface area contributed by atoms with E-state index in [0.717, 1.165) is 25.4 Å². The summed E-state index contributed by atoms with van der Waals surface area (Å²) >= 11 is 0. The van der Waals surface area contributed by atoms with Crippen LogP contribution in [0, 0.1) is 11.8 Å². The predicted molar refractivity (Wildman–Crippen MR) is 63.4 cm³/mol. The number of carboxylic acids is 1. The molecule has 1 heterocycles. The first-order valence-electron chi connectivity index (χ1n) is 6.69. The van der Waals surface area contributed by atoms with Crippen LogP contribution in [0.4, 0.5) is 0 Å². The molecule has 3 heteroatoms. The van der Waals surface area contributed by atoms with Crippen molar-refractivity contribution < 1.29 is 9.90 Å². The predicted octanol–water partition coefficient (Wildman–Crippen LogP) is 2.36. The smallest absolute Gasteiger partial charge is 0.307 e. The van der Waals surface area contributed by atoms with Crippen molar-refractivity contribution in [3.05, 3.63) is 0 Å². The van der Waals surface area contributed by atoms with Crippen LogP contribution >= 0.6 is 0 Å². The first kappa shape index (κ1) is 11.9. The molecule has 1 saturated carbocycles. The van der Waals surface area contributed by atoms with Gasteiger partial charge in [0.05, 0.1) is 5.92 Å². The summed E-state index contributed by atoms with van der Waals surface area (Å²) in [5.74, 6) is 0.0899. The molecule has 1 aliphatic heterocycles. The topological polar surface area (TPSA) is 40.5 Å². The Bertz CT molecular complexity index is 254. The maximum absolute atomic E-state index is 11.0. The number of rotatable bonds is 3. The van der Waals surface area contributed by atoms with Gasteiger partial charge in [0.15, 0.2) is 0 Å². The van der Waals surface area contributed by atoms with Gasteiger partial charge in [-0.1, -0.05) is 26.2 Å². The number of nitrogens with zero attached hydrogens (tertiary/aromatic N) is 1. The van der Waals surface area contributed by atoms with Crippen LogP contribution in [0.3, 0.4) is 0 Å². The van der Waals surface area contributed by atoms with Crippen molar-refractivity contribution in [2.75, 3.05) is 13.1 Å². The maximum atomic E-state index is 11.0. The molecule has 0 aromatic rings. The Kier molecular flexibility index (Phi) is 3.85. The van der Waals surface area contributed by atoms with Crippen molar-refractivity contribution in [3.8, 4) is 0 Å². The molecule has 0 spiro atoms. The number of carbonyl (C=O) groups is 1. The van der Waals surface area contributed by atoms with E-state index >= 15 is 0 Å². The largest absolute Gasteiger partial charge is 0.481 e. The molecule has 0 aromatic carbocycles. The summed E-state index contributed by atoms with van der Waals surface area (Å²) < 4.78 is 0. The van der Waals surface area contributed by atoms with E-state index in [-0.39, 0.29) is 5.92 Å². The Morgan fingerprint density at radius 2 is 2.06 bits per heavy atom. The number of aliphatic carboxylic acids is 1. The van der Waals surface area contributed by atoms with Gasteiger partial charge in [-0.2, -0.15) is 0 Å². The minimum atomic E-state index is -0.605. The second kappa shape index (κ2) is 5.17. The third kappa shape index (κ3) is 2.40. The van der Waals surface area contributed by atoms with Crippen LogP contribution in [-0.2, 0) is 4.79 Å². The zero-order valence-electron chi connectivity index (χ0n) is 10.2. The first-order valence-corrected chi connectivity index (χ1v) is 6.69. The highest BCUT2D eigenvalue weighted by Crippen LogP contribution is 2.33. The molecule has 0 bridgehead atoms. The van der Waals surface area contributed by atoms with Crippen molar-refractivity contribution >= 4 is 5.97 Å². The minimum absolute atomic E-state index is 0.112. The Morgan fingerprint density at radius 3 is 2.69 bits per heavy atom. The fourth-order valence-corrected chi connectivity index (χ4v) is 3.44. The summed E-state index contributed by atoms with van der Waals surface area (Å²) in [6, 6.07) is 0.670. The van der Waals surface area contributed by atoms with Gasteiger partial charge in [-0.25, -0.2) is 0 Å². The number of hydrogen-bond donors (Lipinski definition) is 1. The maximum Gasteiger partial charge on any atom is 0.307 e. The van der Waals surface area contributed by atoms with Crippen molar-refractivity contribution in [2.45, 2.75) is 51.5 Å². The van der Waals surface area contributed by atoms with Gasteiger partial charge in [0.1, 0.15) is 0 Å². The first-order chi connectivity index (χ1) is 7.72. The number of likely N-dealkylation sites (tertiary alicyclic amines) is 1. The van der Waals surface area contributed by atoms with Crippen LogP contribution in [0.1, 0.15) is 45.4 Å². The van der Waals surface area contributed by atoms with E-state index < -0.39 is 5.97 Å². The van der Waals surface area contributed by atoms with Crippen molar-refractivity contribution in [2.24, 2.45) is 11.8 Å². The van der Waals surface area contributed by atoms with E-state index in [0.29, 0.717) is 6.04 Å². The normalized spacial score (nSPS) is 36.4. The Labute approximate surface area is 97.8 Å². The zero-order valence-corrected chi connectivity index (χ0v) is 10.2. The van der Waals surface area contributed by atoms with Gasteiger partial charge in [-0.15, -0.1) is 0 Å². The monoisotopic (exact) mass is 225 g/mol. The standard InChI is InChI=1S/C13H23NO2/c1-2-10-5-3-4-6-12(10)14-8-7-11(9-14)13(15)16/h10-12H,2-9H2,1H3,(H,15,16). The fourth-order valence-electron chi connectivity index (χ4n) is 3.44. The third-order valence-electron chi connectivity index (χ3n) is 4.43. The molecular formula is C13H23NO2. The molecule has 2 rings (SSSR count). The summed E-state index contributed by atoms with van der Waals surface area (Å²) in [6.07, 6.45) is 7.42. The fraction of sp³-hybridized carbons (Fsp3) is 0.923. The second-order valence-corrected chi connectivity index (χ2v) is 5.34. The third-order valence-corrected chi connectivity index (χ3v) is 4.43. The lowest BCUT2D eigenvalue weighted by Crippen LogP contribution is -2.41. The van der Waals surface area contributed by atoms with E-state index in [1.54, 1.807) is 0 Å². The van der Waals surface area contributed by atoms with Crippen LogP contribution < -0.4 is 0 Å². The average molecular weight is 225 g/mol. The van der Waals surface area contributed by atoms with Crippen LogP contribution in [0.25, 0.3) is 0 Å². The van der Waals surface area contributed by atoms with E-state index in [1.165, 1.54) is 32.1 Å². The van der Waals surface area contributed by atoms with Crippen LogP contribution in [0.5, 0.6) is 0 Å². The summed E-state index contributed by atoms with van der Waals surface area (Å²) in [7, 11) is 0. The summed E-state index contributed by atoms with van der Waals surface area (Å²) in [4.78, 5) is 13.4. The lowest BCUT2D eigenvalue weighted by molar-refractivity contribution is -0.141. The van der Waals surface area contributed by atoms with Gasteiger partial charge >= 0.3 is 5.97 Å². The summed E-state index contributed by atoms with van der Waals surface area (Å²) in [5.41, 5.74) is 0. The zero-order chi connectivity index (χ0) is 11.5. The van der Waals surface area contributed by atoms with Gasteiger partial charge < -0.3 is 5.11 Å². The van der Waals surface area contributed by atoms with Gasteiger partial charge in [-0.05, 0) is 31.7 Å². The summed E-state index contributed by atoms with van der Waals surface area (Å²) in [6.45, 7) is 4.06. The Morgan fingerprint density at radius 1 is 1.31 bits per heavy atom. The highest BCUT2D eigenvalue weighted by molar-refractivity contribution is 5.70. The van der Waals surface area contributed by atoms with Crippen molar-refractivity contribution in [1.29, 1.82) is 0 Å². The number of hydrogen-bond acceptors (Lipinski definition) is 2. The SMILES string of the molecule is CCC1CCCCC1N1CCC(C(=O)O)C1. The number of carboxylic acid groups (broad SMARTS) is 1. The van der Waals surface area contributed by atoms with Gasteiger partial charge in [0.2, 0.25) is 0 Å². The van der Waals surface area contributed by atoms with Crippen LogP contribution in [0.15, 0.2) is 0 Å². The Hall–Kier alpha value is -0.570. The molecule has 2 aliphatic rings. The molecule has 1 aliphatic carbocycles. The second-order valence-electron chi connectivity index (χ2n) is 5.34. The molecule has 0 amide bonds. The highest BCUT2D eigenvalue weighted by Gasteiger charge is 2.35. The minimum Gasteiger partial charge on any atom is -0.481 e. The van der Waals surface area contributed by atoms with Gasteiger partial charge in [-0.3, -0.25) is 9.69 Å². The molecule has 0 radical (unpaired) electrons. The van der Waals surface area contributed by atoms with E-state index in [4.69, 9.17) is 5.11 Å². The van der Waals surface area contributed by atoms with Crippen molar-refractivity contribution in [1.82, 2.24) is 4.90 Å². The molecular weight excluding hydrogens is 202 g/mol. The van der Waals surface area contributed by atoms with Gasteiger partial charge in [0.25, 0.3) is 0 Å². The lowest BCUT2D eigenvalue weighted by atomic mass is 9.82. The van der Waals surface area contributed by atoms with Gasteiger partial charge in [0, 0.05) is 12.6 Å².